The number of hydrogen-bond acceptors (Lipinski definition) is 4. The van der Waals surface area contributed by atoms with Crippen molar-refractivity contribution in [3.8, 4) is 0 Å². The summed E-state index contributed by atoms with van der Waals surface area (Å²) in [5, 5.41) is 10.8. The van der Waals surface area contributed by atoms with Crippen LogP contribution in [-0.4, -0.2) is 40.8 Å². The number of nitro groups is 1. The van der Waals surface area contributed by atoms with Crippen LogP contribution >= 0.6 is 0 Å². The summed E-state index contributed by atoms with van der Waals surface area (Å²) < 4.78 is 0. The van der Waals surface area contributed by atoms with E-state index in [1.807, 2.05) is 6.07 Å². The summed E-state index contributed by atoms with van der Waals surface area (Å²) in [6, 6.07) is 11.1. The van der Waals surface area contributed by atoms with E-state index in [4.69, 9.17) is 0 Å². The van der Waals surface area contributed by atoms with Crippen LogP contribution in [0.15, 0.2) is 42.5 Å². The standard InChI is InChI=1S/C21H21N3O4/c1-14-20(25)23(19-10-5-15-3-2-4-17(15)13-19)12-11-22(14)21(26)16-6-8-18(9-7-16)24(27)28/h5-10,13-14H,2-4,11-12H2,1H3. The first-order chi connectivity index (χ1) is 13.5. The Labute approximate surface area is 162 Å². The topological polar surface area (TPSA) is 83.8 Å². The minimum Gasteiger partial charge on any atom is -0.325 e. The molecule has 0 spiro atoms. The summed E-state index contributed by atoms with van der Waals surface area (Å²) in [7, 11) is 0. The minimum absolute atomic E-state index is 0.0675. The van der Waals surface area contributed by atoms with Gasteiger partial charge in [-0.15, -0.1) is 0 Å². The Morgan fingerprint density at radius 2 is 1.79 bits per heavy atom. The molecule has 1 aliphatic heterocycles. The molecule has 2 aromatic rings. The zero-order valence-corrected chi connectivity index (χ0v) is 15.6. The van der Waals surface area contributed by atoms with Crippen molar-refractivity contribution in [2.24, 2.45) is 0 Å². The summed E-state index contributed by atoms with van der Waals surface area (Å²) >= 11 is 0. The predicted octanol–water partition coefficient (Wildman–Crippen LogP) is 2.96. The second-order valence-electron chi connectivity index (χ2n) is 7.27. The lowest BCUT2D eigenvalue weighted by atomic mass is 10.1. The van der Waals surface area contributed by atoms with E-state index in [-0.39, 0.29) is 17.5 Å². The zero-order chi connectivity index (χ0) is 19.8. The fourth-order valence-corrected chi connectivity index (χ4v) is 4.02. The van der Waals surface area contributed by atoms with E-state index in [1.54, 1.807) is 11.8 Å². The van der Waals surface area contributed by atoms with Crippen molar-refractivity contribution in [1.82, 2.24) is 4.90 Å². The highest BCUT2D eigenvalue weighted by atomic mass is 16.6. The molecule has 7 heteroatoms. The highest BCUT2D eigenvalue weighted by Gasteiger charge is 2.35. The van der Waals surface area contributed by atoms with Crippen LogP contribution in [0.25, 0.3) is 0 Å². The number of non-ortho nitro benzene ring substituents is 1. The van der Waals surface area contributed by atoms with Crippen LogP contribution in [0.3, 0.4) is 0 Å². The maximum Gasteiger partial charge on any atom is 0.269 e. The van der Waals surface area contributed by atoms with Crippen molar-refractivity contribution in [3.05, 3.63) is 69.3 Å². The molecule has 1 unspecified atom stereocenters. The molecule has 1 saturated heterocycles. The maximum absolute atomic E-state index is 13.0. The third kappa shape index (κ3) is 3.13. The summed E-state index contributed by atoms with van der Waals surface area (Å²) in [5.74, 6) is -0.399. The van der Waals surface area contributed by atoms with E-state index in [0.29, 0.717) is 18.7 Å². The fourth-order valence-electron chi connectivity index (χ4n) is 4.02. The van der Waals surface area contributed by atoms with E-state index in [2.05, 4.69) is 12.1 Å². The fraction of sp³-hybridized carbons (Fsp3) is 0.333. The van der Waals surface area contributed by atoms with Crippen LogP contribution in [0, 0.1) is 10.1 Å². The molecular formula is C21H21N3O4. The van der Waals surface area contributed by atoms with Crippen LogP contribution in [-0.2, 0) is 17.6 Å². The van der Waals surface area contributed by atoms with Gasteiger partial charge in [-0.1, -0.05) is 6.07 Å². The Hall–Kier alpha value is -3.22. The smallest absolute Gasteiger partial charge is 0.269 e. The van der Waals surface area contributed by atoms with Gasteiger partial charge < -0.3 is 9.80 Å². The third-order valence-electron chi connectivity index (χ3n) is 5.64. The van der Waals surface area contributed by atoms with Gasteiger partial charge in [-0.25, -0.2) is 0 Å². The van der Waals surface area contributed by atoms with Gasteiger partial charge in [0.15, 0.2) is 0 Å². The van der Waals surface area contributed by atoms with Gasteiger partial charge in [-0.3, -0.25) is 19.7 Å². The van der Waals surface area contributed by atoms with Crippen LogP contribution in [0.1, 0.15) is 34.8 Å². The monoisotopic (exact) mass is 379 g/mol. The molecule has 1 heterocycles. The van der Waals surface area contributed by atoms with Crippen molar-refractivity contribution in [2.45, 2.75) is 32.2 Å². The Kier molecular flexibility index (Phi) is 4.58. The van der Waals surface area contributed by atoms with Gasteiger partial charge in [0.2, 0.25) is 5.91 Å². The number of anilines is 1. The Morgan fingerprint density at radius 3 is 2.50 bits per heavy atom. The van der Waals surface area contributed by atoms with Gasteiger partial charge in [0.05, 0.1) is 4.92 Å². The zero-order valence-electron chi connectivity index (χ0n) is 15.6. The molecule has 0 bridgehead atoms. The average Bonchev–Trinajstić information content (AvgIpc) is 3.17. The molecule has 28 heavy (non-hydrogen) atoms. The van der Waals surface area contributed by atoms with Crippen molar-refractivity contribution in [1.29, 1.82) is 0 Å². The van der Waals surface area contributed by atoms with Gasteiger partial charge in [0.25, 0.3) is 11.6 Å². The number of carbonyl (C=O) groups is 2. The number of carbonyl (C=O) groups excluding carboxylic acids is 2. The maximum atomic E-state index is 13.0. The lowest BCUT2D eigenvalue weighted by Gasteiger charge is -2.39. The van der Waals surface area contributed by atoms with Crippen molar-refractivity contribution >= 4 is 23.2 Å². The van der Waals surface area contributed by atoms with Crippen molar-refractivity contribution < 1.29 is 14.5 Å². The number of nitrogens with zero attached hydrogens (tertiary/aromatic N) is 3. The van der Waals surface area contributed by atoms with Gasteiger partial charge in [-0.2, -0.15) is 0 Å². The van der Waals surface area contributed by atoms with E-state index in [0.717, 1.165) is 24.9 Å². The molecule has 2 aromatic carbocycles. The summed E-state index contributed by atoms with van der Waals surface area (Å²) in [5.41, 5.74) is 3.83. The summed E-state index contributed by atoms with van der Waals surface area (Å²) in [4.78, 5) is 39.3. The second-order valence-corrected chi connectivity index (χ2v) is 7.27. The average molecular weight is 379 g/mol. The number of piperazine rings is 1. The second kappa shape index (κ2) is 7.07. The number of benzene rings is 2. The lowest BCUT2D eigenvalue weighted by Crippen LogP contribution is -2.57. The van der Waals surface area contributed by atoms with Gasteiger partial charge in [-0.05, 0) is 61.6 Å². The van der Waals surface area contributed by atoms with E-state index >= 15 is 0 Å². The molecule has 0 radical (unpaired) electrons. The predicted molar refractivity (Wildman–Crippen MR) is 104 cm³/mol. The molecule has 1 fully saturated rings. The van der Waals surface area contributed by atoms with Gasteiger partial charge in [0, 0.05) is 36.5 Å². The molecular weight excluding hydrogens is 358 g/mol. The first-order valence-corrected chi connectivity index (χ1v) is 9.44. The quantitative estimate of drug-likeness (QED) is 0.606. The minimum atomic E-state index is -0.593. The number of nitro benzene ring substituents is 1. The molecule has 144 valence electrons. The number of hydrogen-bond donors (Lipinski definition) is 0. The van der Waals surface area contributed by atoms with Crippen molar-refractivity contribution in [3.63, 3.8) is 0 Å². The van der Waals surface area contributed by atoms with E-state index in [9.17, 15) is 19.7 Å². The Balaban J connectivity index is 1.51. The van der Waals surface area contributed by atoms with Gasteiger partial charge in [0.1, 0.15) is 6.04 Å². The number of amides is 2. The number of rotatable bonds is 3. The molecule has 0 saturated carbocycles. The third-order valence-corrected chi connectivity index (χ3v) is 5.64. The van der Waals surface area contributed by atoms with Crippen LogP contribution in [0.4, 0.5) is 11.4 Å². The molecule has 1 atom stereocenters. The summed E-state index contributed by atoms with van der Waals surface area (Å²) in [6.07, 6.45) is 3.30. The van der Waals surface area contributed by atoms with E-state index < -0.39 is 11.0 Å². The summed E-state index contributed by atoms with van der Waals surface area (Å²) in [6.45, 7) is 2.58. The molecule has 2 aliphatic rings. The SMILES string of the molecule is CC1C(=O)N(c2ccc3c(c2)CCC3)CCN1C(=O)c1ccc([N+](=O)[O-])cc1. The largest absolute Gasteiger partial charge is 0.325 e. The van der Waals surface area contributed by atoms with Gasteiger partial charge >= 0.3 is 0 Å². The molecule has 0 aromatic heterocycles. The highest BCUT2D eigenvalue weighted by Crippen LogP contribution is 2.29. The first-order valence-electron chi connectivity index (χ1n) is 9.44. The Bertz CT molecular complexity index is 955. The Morgan fingerprint density at radius 1 is 1.07 bits per heavy atom. The molecule has 0 N–H and O–H groups in total. The normalized spacial score (nSPS) is 18.9. The van der Waals surface area contributed by atoms with E-state index in [1.165, 1.54) is 40.3 Å². The number of aryl methyl sites for hydroxylation is 2. The number of fused-ring (bicyclic) bond motifs is 1. The molecule has 4 rings (SSSR count). The lowest BCUT2D eigenvalue weighted by molar-refractivity contribution is -0.384. The first kappa shape index (κ1) is 18.2. The molecule has 2 amide bonds. The molecule has 1 aliphatic carbocycles. The van der Waals surface area contributed by atoms with Crippen LogP contribution in [0.2, 0.25) is 0 Å². The highest BCUT2D eigenvalue weighted by molar-refractivity contribution is 6.03. The van der Waals surface area contributed by atoms with Crippen molar-refractivity contribution in [2.75, 3.05) is 18.0 Å². The molecule has 7 nitrogen and oxygen atoms in total. The van der Waals surface area contributed by atoms with Crippen LogP contribution < -0.4 is 4.90 Å². The van der Waals surface area contributed by atoms with Crippen LogP contribution in [0.5, 0.6) is 0 Å².